The van der Waals surface area contributed by atoms with Crippen molar-refractivity contribution in [3.05, 3.63) is 40.9 Å². The zero-order valence-corrected chi connectivity index (χ0v) is 11.0. The maximum absolute atomic E-state index is 12.1. The van der Waals surface area contributed by atoms with Crippen LogP contribution in [0.25, 0.3) is 0 Å². The Morgan fingerprint density at radius 2 is 2.11 bits per heavy atom. The van der Waals surface area contributed by atoms with E-state index in [0.29, 0.717) is 6.42 Å². The Balaban J connectivity index is 2.20. The van der Waals surface area contributed by atoms with Crippen molar-refractivity contribution >= 4 is 29.2 Å². The van der Waals surface area contributed by atoms with Gasteiger partial charge in [-0.1, -0.05) is 29.8 Å². The summed E-state index contributed by atoms with van der Waals surface area (Å²) in [4.78, 5) is 23.2. The molecule has 1 atom stereocenters. The fourth-order valence-electron chi connectivity index (χ4n) is 2.09. The number of nitrogens with one attached hydrogen (secondary N) is 1. The van der Waals surface area contributed by atoms with Crippen molar-refractivity contribution in [3.8, 4) is 0 Å². The molecule has 0 saturated carbocycles. The van der Waals surface area contributed by atoms with Crippen LogP contribution in [0.15, 0.2) is 30.4 Å². The average Bonchev–Trinajstić information content (AvgIpc) is 2.41. The minimum Gasteiger partial charge on any atom is -0.478 e. The molecule has 4 nitrogen and oxygen atoms in total. The molecular formula is C14H14ClNO3. The fraction of sp³-hybridized carbons (Fsp3) is 0.286. The van der Waals surface area contributed by atoms with Crippen LogP contribution < -0.4 is 5.32 Å². The number of amides is 1. The van der Waals surface area contributed by atoms with Crippen LogP contribution in [0.3, 0.4) is 0 Å². The van der Waals surface area contributed by atoms with E-state index < -0.39 is 5.97 Å². The number of carboxylic acid groups (broad SMARTS) is 1. The summed E-state index contributed by atoms with van der Waals surface area (Å²) < 4.78 is 0. The number of rotatable bonds is 3. The van der Waals surface area contributed by atoms with Crippen LogP contribution in [0.2, 0.25) is 5.02 Å². The van der Waals surface area contributed by atoms with E-state index in [4.69, 9.17) is 16.7 Å². The third-order valence-corrected chi connectivity index (χ3v) is 3.45. The smallest absolute Gasteiger partial charge is 0.337 e. The Bertz CT molecular complexity index is 539. The second-order valence-corrected chi connectivity index (χ2v) is 4.85. The highest BCUT2D eigenvalue weighted by atomic mass is 35.5. The predicted molar refractivity (Wildman–Crippen MR) is 73.5 cm³/mol. The quantitative estimate of drug-likeness (QED) is 0.834. The van der Waals surface area contributed by atoms with Gasteiger partial charge in [-0.25, -0.2) is 4.79 Å². The maximum Gasteiger partial charge on any atom is 0.337 e. The van der Waals surface area contributed by atoms with Gasteiger partial charge < -0.3 is 10.4 Å². The largest absolute Gasteiger partial charge is 0.478 e. The van der Waals surface area contributed by atoms with Crippen molar-refractivity contribution in [1.82, 2.24) is 0 Å². The van der Waals surface area contributed by atoms with Crippen LogP contribution in [0.5, 0.6) is 0 Å². The molecule has 2 rings (SSSR count). The SMILES string of the molecule is O=C(O)c1cccc(Cl)c1NC(=O)C1CC=CCC1. The highest BCUT2D eigenvalue weighted by Gasteiger charge is 2.22. The van der Waals surface area contributed by atoms with Crippen LogP contribution >= 0.6 is 11.6 Å². The Hall–Kier alpha value is -1.81. The van der Waals surface area contributed by atoms with E-state index in [1.807, 2.05) is 12.2 Å². The monoisotopic (exact) mass is 279 g/mol. The van der Waals surface area contributed by atoms with Gasteiger partial charge >= 0.3 is 5.97 Å². The van der Waals surface area contributed by atoms with Crippen LogP contribution in [-0.4, -0.2) is 17.0 Å². The van der Waals surface area contributed by atoms with Crippen LogP contribution in [0.4, 0.5) is 5.69 Å². The third kappa shape index (κ3) is 3.15. The Morgan fingerprint density at radius 1 is 1.32 bits per heavy atom. The first-order valence-electron chi connectivity index (χ1n) is 6.07. The number of halogens is 1. The highest BCUT2D eigenvalue weighted by molar-refractivity contribution is 6.34. The van der Waals surface area contributed by atoms with Gasteiger partial charge in [0.2, 0.25) is 5.91 Å². The number of carboxylic acids is 1. The lowest BCUT2D eigenvalue weighted by molar-refractivity contribution is -0.120. The van der Waals surface area contributed by atoms with Gasteiger partial charge in [0.1, 0.15) is 0 Å². The van der Waals surface area contributed by atoms with E-state index in [1.165, 1.54) is 6.07 Å². The maximum atomic E-state index is 12.1. The molecule has 0 bridgehead atoms. The molecular weight excluding hydrogens is 266 g/mol. The van der Waals surface area contributed by atoms with Crippen molar-refractivity contribution < 1.29 is 14.7 Å². The number of hydrogen-bond donors (Lipinski definition) is 2. The number of carbonyl (C=O) groups is 2. The summed E-state index contributed by atoms with van der Waals surface area (Å²) >= 11 is 5.96. The number of para-hydroxylation sites is 1. The first-order valence-corrected chi connectivity index (χ1v) is 6.45. The second kappa shape index (κ2) is 5.89. The summed E-state index contributed by atoms with van der Waals surface area (Å²) in [5, 5.41) is 12.0. The Morgan fingerprint density at radius 3 is 2.74 bits per heavy atom. The molecule has 1 amide bonds. The molecule has 0 aromatic heterocycles. The molecule has 0 saturated heterocycles. The van der Waals surface area contributed by atoms with Gasteiger partial charge in [-0.3, -0.25) is 4.79 Å². The first-order chi connectivity index (χ1) is 9.09. The summed E-state index contributed by atoms with van der Waals surface area (Å²) in [6.07, 6.45) is 6.33. The molecule has 19 heavy (non-hydrogen) atoms. The fourth-order valence-corrected chi connectivity index (χ4v) is 2.31. The van der Waals surface area contributed by atoms with Crippen LogP contribution in [-0.2, 0) is 4.79 Å². The lowest BCUT2D eigenvalue weighted by atomic mass is 9.93. The lowest BCUT2D eigenvalue weighted by Gasteiger charge is -2.18. The molecule has 1 aromatic rings. The number of anilines is 1. The topological polar surface area (TPSA) is 66.4 Å². The van der Waals surface area contributed by atoms with Crippen molar-refractivity contribution in [2.45, 2.75) is 19.3 Å². The number of benzene rings is 1. The molecule has 100 valence electrons. The number of allylic oxidation sites excluding steroid dienone is 2. The minimum absolute atomic E-state index is 0.00667. The lowest BCUT2D eigenvalue weighted by Crippen LogP contribution is -2.24. The summed E-state index contributed by atoms with van der Waals surface area (Å²) in [5.74, 6) is -1.41. The Labute approximate surface area is 116 Å². The first kappa shape index (κ1) is 13.6. The van der Waals surface area contributed by atoms with Gasteiger partial charge in [-0.2, -0.15) is 0 Å². The molecule has 0 fully saturated rings. The van der Waals surface area contributed by atoms with Crippen LogP contribution in [0.1, 0.15) is 29.6 Å². The van der Waals surface area contributed by atoms with Gasteiger partial charge in [0, 0.05) is 5.92 Å². The molecule has 0 aliphatic heterocycles. The van der Waals surface area contributed by atoms with Crippen molar-refractivity contribution in [1.29, 1.82) is 0 Å². The normalized spacial score (nSPS) is 18.1. The number of aromatic carboxylic acids is 1. The van der Waals surface area contributed by atoms with Gasteiger partial charge in [0.25, 0.3) is 0 Å². The summed E-state index contributed by atoms with van der Waals surface area (Å²) in [7, 11) is 0. The zero-order chi connectivity index (χ0) is 13.8. The minimum atomic E-state index is -1.11. The highest BCUT2D eigenvalue weighted by Crippen LogP contribution is 2.28. The standard InChI is InChI=1S/C14H14ClNO3/c15-11-8-4-7-10(14(18)19)12(11)16-13(17)9-5-2-1-3-6-9/h1-2,4,7-9H,3,5-6H2,(H,16,17)(H,18,19). The van der Waals surface area contributed by atoms with Crippen LogP contribution in [0, 0.1) is 5.92 Å². The number of hydrogen-bond acceptors (Lipinski definition) is 2. The molecule has 2 N–H and O–H groups in total. The summed E-state index contributed by atoms with van der Waals surface area (Å²) in [6, 6.07) is 4.53. The average molecular weight is 280 g/mol. The van der Waals surface area contributed by atoms with Crippen molar-refractivity contribution in [2.24, 2.45) is 5.92 Å². The van der Waals surface area contributed by atoms with Gasteiger partial charge in [0.15, 0.2) is 0 Å². The van der Waals surface area contributed by atoms with Gasteiger partial charge in [-0.05, 0) is 31.4 Å². The molecule has 0 radical (unpaired) electrons. The van der Waals surface area contributed by atoms with Gasteiger partial charge in [-0.15, -0.1) is 0 Å². The van der Waals surface area contributed by atoms with E-state index in [9.17, 15) is 9.59 Å². The molecule has 0 spiro atoms. The summed E-state index contributed by atoms with van der Waals surface area (Å²) in [6.45, 7) is 0. The van der Waals surface area contributed by atoms with E-state index in [-0.39, 0.29) is 28.1 Å². The molecule has 1 aliphatic carbocycles. The molecule has 1 unspecified atom stereocenters. The molecule has 5 heteroatoms. The van der Waals surface area contributed by atoms with Crippen molar-refractivity contribution in [2.75, 3.05) is 5.32 Å². The van der Waals surface area contributed by atoms with E-state index >= 15 is 0 Å². The third-order valence-electron chi connectivity index (χ3n) is 3.13. The summed E-state index contributed by atoms with van der Waals surface area (Å²) in [5.41, 5.74) is 0.184. The predicted octanol–water partition coefficient (Wildman–Crippen LogP) is 3.33. The second-order valence-electron chi connectivity index (χ2n) is 4.44. The van der Waals surface area contributed by atoms with E-state index in [2.05, 4.69) is 5.32 Å². The van der Waals surface area contributed by atoms with E-state index in [1.54, 1.807) is 12.1 Å². The number of carbonyl (C=O) groups excluding carboxylic acids is 1. The van der Waals surface area contributed by atoms with E-state index in [0.717, 1.165) is 12.8 Å². The zero-order valence-electron chi connectivity index (χ0n) is 10.2. The molecule has 0 heterocycles. The van der Waals surface area contributed by atoms with Crippen molar-refractivity contribution in [3.63, 3.8) is 0 Å². The Kier molecular flexibility index (Phi) is 4.22. The van der Waals surface area contributed by atoms with Gasteiger partial charge in [0.05, 0.1) is 16.3 Å². The molecule has 1 aromatic carbocycles. The molecule has 1 aliphatic rings.